The van der Waals surface area contributed by atoms with E-state index in [9.17, 15) is 4.79 Å². The number of likely N-dealkylation sites (tertiary alicyclic amines) is 2. The molecule has 4 heterocycles. The lowest BCUT2D eigenvalue weighted by molar-refractivity contribution is -0.130. The van der Waals surface area contributed by atoms with E-state index in [-0.39, 0.29) is 11.3 Å². The van der Waals surface area contributed by atoms with Gasteiger partial charge in [-0.3, -0.25) is 4.79 Å². The summed E-state index contributed by atoms with van der Waals surface area (Å²) in [5.74, 6) is 4.49. The average molecular weight is 761 g/mol. The number of imidazole rings is 2. The molecule has 2 aliphatic carbocycles. The summed E-state index contributed by atoms with van der Waals surface area (Å²) in [7, 11) is 0. The van der Waals surface area contributed by atoms with E-state index >= 15 is 0 Å². The molecule has 296 valence electrons. The van der Waals surface area contributed by atoms with Gasteiger partial charge in [-0.05, 0) is 84.7 Å². The summed E-state index contributed by atoms with van der Waals surface area (Å²) in [5.41, 5.74) is 9.56. The van der Waals surface area contributed by atoms with Gasteiger partial charge >= 0.3 is 0 Å². The first-order valence-corrected chi connectivity index (χ1v) is 21.9. The molecule has 2 saturated heterocycles. The molecule has 4 aliphatic rings. The Bertz CT molecular complexity index is 2280. The van der Waals surface area contributed by atoms with E-state index in [1.807, 2.05) is 24.3 Å². The highest BCUT2D eigenvalue weighted by Gasteiger charge is 2.70. The van der Waals surface area contributed by atoms with Crippen molar-refractivity contribution in [1.29, 1.82) is 0 Å². The molecule has 7 nitrogen and oxygen atoms in total. The first-order chi connectivity index (χ1) is 27.8. The molecule has 10 rings (SSSR count). The van der Waals surface area contributed by atoms with Crippen molar-refractivity contribution < 1.29 is 4.79 Å². The van der Waals surface area contributed by atoms with Crippen LogP contribution in [0, 0.1) is 23.7 Å². The van der Waals surface area contributed by atoms with Crippen molar-refractivity contribution in [3.8, 4) is 22.8 Å². The number of fused-ring (bicyclic) bond motifs is 4. The van der Waals surface area contributed by atoms with Gasteiger partial charge in [-0.1, -0.05) is 127 Å². The van der Waals surface area contributed by atoms with E-state index in [2.05, 4.69) is 120 Å². The molecular formula is C50H60N6O. The molecule has 2 N–H and O–H groups in total. The highest BCUT2D eigenvalue weighted by Crippen LogP contribution is 2.64. The van der Waals surface area contributed by atoms with Gasteiger partial charge in [0.25, 0.3) is 0 Å². The van der Waals surface area contributed by atoms with Crippen LogP contribution in [0.2, 0.25) is 0 Å². The molecule has 6 aromatic rings. The smallest absolute Gasteiger partial charge is 0.226 e. The summed E-state index contributed by atoms with van der Waals surface area (Å²) in [6.07, 6.45) is 10.3. The van der Waals surface area contributed by atoms with Crippen LogP contribution in [0.15, 0.2) is 97.1 Å². The van der Waals surface area contributed by atoms with E-state index in [0.717, 1.165) is 70.6 Å². The fourth-order valence-electron chi connectivity index (χ4n) is 10.7. The third-order valence-electron chi connectivity index (χ3n) is 14.4. The Labute approximate surface area is 338 Å². The zero-order chi connectivity index (χ0) is 39.1. The second kappa shape index (κ2) is 15.5. The largest absolute Gasteiger partial charge is 0.342 e. The van der Waals surface area contributed by atoms with Gasteiger partial charge < -0.3 is 19.8 Å². The molecule has 4 aromatic carbocycles. The second-order valence-electron chi connectivity index (χ2n) is 17.9. The SMILES string of the molecule is CCCCCCN1CC2C(C1)C2(C)c1cccc(-c2nc3ccccc3[nH]2)c1.CCCCCCN1CC2C(C1=O)C2(C)c1cccc(-c2nc3ccccc3[nH]2)c1. The van der Waals surface area contributed by atoms with Crippen molar-refractivity contribution in [3.63, 3.8) is 0 Å². The van der Waals surface area contributed by atoms with Crippen LogP contribution in [0.3, 0.4) is 0 Å². The Hall–Kier alpha value is -4.75. The number of amides is 1. The summed E-state index contributed by atoms with van der Waals surface area (Å²) in [6.45, 7) is 15.0. The zero-order valence-corrected chi connectivity index (χ0v) is 34.4. The van der Waals surface area contributed by atoms with Crippen LogP contribution < -0.4 is 0 Å². The fraction of sp³-hybridized carbons (Fsp3) is 0.460. The number of rotatable bonds is 14. The molecule has 2 aromatic heterocycles. The summed E-state index contributed by atoms with van der Waals surface area (Å²) >= 11 is 0. The van der Waals surface area contributed by atoms with E-state index < -0.39 is 0 Å². The maximum Gasteiger partial charge on any atom is 0.226 e. The standard InChI is InChI=1S/C25H29N3O.C25H31N3/c1-3-4-5-8-14-28-16-19-22(24(28)29)25(19,2)18-11-9-10-17(15-18)23-26-20-12-6-7-13-21(20)27-23;1-3-4-5-8-14-28-16-20-21(17-28)25(20,2)19-11-9-10-18(15-19)24-26-22-12-6-7-13-23(22)27-24/h6-7,9-13,15,19,22H,3-5,8,14,16H2,1-2H3,(H,26,27);6-7,9-13,15,20-21H,3-5,8,14,16-17H2,1-2H3,(H,26,27). The topological polar surface area (TPSA) is 80.9 Å². The molecule has 5 unspecified atom stereocenters. The molecular weight excluding hydrogens is 701 g/mol. The third kappa shape index (κ3) is 7.00. The van der Waals surface area contributed by atoms with Crippen LogP contribution in [-0.2, 0) is 15.6 Å². The van der Waals surface area contributed by atoms with Crippen LogP contribution >= 0.6 is 0 Å². The Morgan fingerprint density at radius 2 is 1.12 bits per heavy atom. The maximum absolute atomic E-state index is 13.0. The molecule has 4 fully saturated rings. The number of hydrogen-bond donors (Lipinski definition) is 2. The lowest BCUT2D eigenvalue weighted by Crippen LogP contribution is -2.34. The summed E-state index contributed by atoms with van der Waals surface area (Å²) < 4.78 is 0. The number of para-hydroxylation sites is 4. The van der Waals surface area contributed by atoms with Crippen molar-refractivity contribution in [1.82, 2.24) is 29.7 Å². The Kier molecular flexibility index (Phi) is 10.3. The van der Waals surface area contributed by atoms with Crippen molar-refractivity contribution in [2.45, 2.75) is 89.9 Å². The molecule has 0 radical (unpaired) electrons. The number of nitrogens with zero attached hydrogens (tertiary/aromatic N) is 4. The summed E-state index contributed by atoms with van der Waals surface area (Å²) in [5, 5.41) is 0. The van der Waals surface area contributed by atoms with Crippen LogP contribution in [0.25, 0.3) is 44.8 Å². The quantitative estimate of drug-likeness (QED) is 0.108. The van der Waals surface area contributed by atoms with E-state index in [1.54, 1.807) is 0 Å². The van der Waals surface area contributed by atoms with Crippen LogP contribution in [0.5, 0.6) is 0 Å². The lowest BCUT2D eigenvalue weighted by Gasteiger charge is -2.25. The van der Waals surface area contributed by atoms with Gasteiger partial charge in [-0.15, -0.1) is 0 Å². The van der Waals surface area contributed by atoms with Crippen molar-refractivity contribution in [2.24, 2.45) is 23.7 Å². The molecule has 2 aliphatic heterocycles. The van der Waals surface area contributed by atoms with E-state index in [0.29, 0.717) is 17.2 Å². The number of H-pyrrole nitrogens is 2. The first-order valence-electron chi connectivity index (χ1n) is 21.9. The van der Waals surface area contributed by atoms with Crippen LogP contribution in [0.4, 0.5) is 0 Å². The normalized spacial score (nSPS) is 26.1. The number of aromatic amines is 2. The number of aromatic nitrogens is 4. The summed E-state index contributed by atoms with van der Waals surface area (Å²) in [4.78, 5) is 34.2. The third-order valence-corrected chi connectivity index (χ3v) is 14.4. The van der Waals surface area contributed by atoms with Gasteiger partial charge in [-0.2, -0.15) is 0 Å². The molecule has 0 bridgehead atoms. The number of nitrogens with one attached hydrogen (secondary N) is 2. The fourth-order valence-corrected chi connectivity index (χ4v) is 10.7. The average Bonchev–Trinajstić information content (AvgIpc) is 3.67. The number of carbonyl (C=O) groups excluding carboxylic acids is 1. The minimum absolute atomic E-state index is 0.0287. The molecule has 1 amide bonds. The lowest BCUT2D eigenvalue weighted by atomic mass is 9.90. The summed E-state index contributed by atoms with van der Waals surface area (Å²) in [6, 6.07) is 34.1. The van der Waals surface area contributed by atoms with Crippen molar-refractivity contribution in [2.75, 3.05) is 32.7 Å². The van der Waals surface area contributed by atoms with Gasteiger partial charge in [0.2, 0.25) is 5.91 Å². The number of benzene rings is 4. The Morgan fingerprint density at radius 3 is 1.63 bits per heavy atom. The first kappa shape index (κ1) is 37.8. The molecule has 57 heavy (non-hydrogen) atoms. The van der Waals surface area contributed by atoms with E-state index in [1.165, 1.54) is 81.3 Å². The van der Waals surface area contributed by atoms with Crippen LogP contribution in [0.1, 0.15) is 90.2 Å². The minimum atomic E-state index is -0.0287. The predicted molar refractivity (Wildman–Crippen MR) is 233 cm³/mol. The van der Waals surface area contributed by atoms with Crippen molar-refractivity contribution >= 4 is 28.0 Å². The van der Waals surface area contributed by atoms with Gasteiger partial charge in [0.1, 0.15) is 11.6 Å². The Morgan fingerprint density at radius 1 is 0.596 bits per heavy atom. The molecule has 5 atom stereocenters. The Balaban J connectivity index is 0.000000148. The number of unbranched alkanes of at least 4 members (excludes halogenated alkanes) is 6. The maximum atomic E-state index is 13.0. The van der Waals surface area contributed by atoms with Crippen molar-refractivity contribution in [3.05, 3.63) is 108 Å². The monoisotopic (exact) mass is 760 g/mol. The molecule has 7 heteroatoms. The number of carbonyl (C=O) groups is 1. The predicted octanol–water partition coefficient (Wildman–Crippen LogP) is 10.8. The van der Waals surface area contributed by atoms with Gasteiger partial charge in [0.05, 0.1) is 28.0 Å². The second-order valence-corrected chi connectivity index (χ2v) is 17.9. The number of hydrogen-bond acceptors (Lipinski definition) is 4. The van der Waals surface area contributed by atoms with Crippen LogP contribution in [-0.4, -0.2) is 68.4 Å². The number of piperidine rings is 2. The van der Waals surface area contributed by atoms with E-state index in [4.69, 9.17) is 9.97 Å². The molecule has 0 spiro atoms. The van der Waals surface area contributed by atoms with Gasteiger partial charge in [0.15, 0.2) is 0 Å². The van der Waals surface area contributed by atoms with Gasteiger partial charge in [-0.25, -0.2) is 9.97 Å². The highest BCUT2D eigenvalue weighted by molar-refractivity contribution is 5.88. The zero-order valence-electron chi connectivity index (χ0n) is 34.4. The minimum Gasteiger partial charge on any atom is -0.342 e. The highest BCUT2D eigenvalue weighted by atomic mass is 16.2. The molecule has 2 saturated carbocycles. The van der Waals surface area contributed by atoms with Gasteiger partial charge in [0, 0.05) is 48.1 Å².